The molecule has 0 aromatic carbocycles. The molecule has 0 atom stereocenters. The first-order valence-corrected chi connectivity index (χ1v) is 8.42. The minimum Gasteiger partial charge on any atom is -0.419 e. The number of aryl methyl sites for hydroxylation is 4. The molecule has 0 radical (unpaired) electrons. The minimum absolute atomic E-state index is 0.408. The summed E-state index contributed by atoms with van der Waals surface area (Å²) in [4.78, 5) is 0. The van der Waals surface area contributed by atoms with Crippen LogP contribution in [-0.4, -0.2) is 29.8 Å². The first-order chi connectivity index (χ1) is 11.0. The van der Waals surface area contributed by atoms with Crippen LogP contribution in [0.4, 0.5) is 0 Å². The van der Waals surface area contributed by atoms with Gasteiger partial charge in [-0.05, 0) is 36.7 Å². The Balaban J connectivity index is 1.74. The molecule has 23 heavy (non-hydrogen) atoms. The van der Waals surface area contributed by atoms with E-state index in [1.54, 1.807) is 4.68 Å². The van der Waals surface area contributed by atoms with Gasteiger partial charge in [0.25, 0.3) is 5.89 Å². The molecule has 0 unspecified atom stereocenters. The fourth-order valence-corrected chi connectivity index (χ4v) is 2.87. The van der Waals surface area contributed by atoms with Crippen LogP contribution in [0.15, 0.2) is 15.1 Å². The smallest absolute Gasteiger partial charge is 0.269 e. The number of rotatable bonds is 5. The third-order valence-electron chi connectivity index (χ3n) is 3.54. The van der Waals surface area contributed by atoms with Gasteiger partial charge < -0.3 is 4.42 Å². The van der Waals surface area contributed by atoms with Crippen molar-refractivity contribution in [2.24, 2.45) is 0 Å². The van der Waals surface area contributed by atoms with E-state index in [1.165, 1.54) is 0 Å². The van der Waals surface area contributed by atoms with Crippen LogP contribution < -0.4 is 0 Å². The van der Waals surface area contributed by atoms with Gasteiger partial charge in [-0.15, -0.1) is 10.2 Å². The van der Waals surface area contributed by atoms with Crippen LogP contribution in [0.25, 0.3) is 11.6 Å². The first-order valence-electron chi connectivity index (χ1n) is 7.24. The molecule has 0 aliphatic carbocycles. The maximum absolute atomic E-state index is 6.15. The zero-order valence-electron chi connectivity index (χ0n) is 13.0. The Labute approximate surface area is 146 Å². The third kappa shape index (κ3) is 3.18. The number of halogens is 2. The molecule has 0 amide bonds. The standard InChI is InChI=1S/C14H16BrClN6O/c1-4-21-7-10(15)13(20-21)14-18-17-11(23-14)5-6-22-9(3)12(16)8(2)19-22/h7H,4-6H2,1-3H3. The van der Waals surface area contributed by atoms with Crippen molar-refractivity contribution in [1.82, 2.24) is 29.8 Å². The van der Waals surface area contributed by atoms with Crippen LogP contribution >= 0.6 is 27.5 Å². The van der Waals surface area contributed by atoms with Crippen LogP contribution in [0.2, 0.25) is 5.02 Å². The first kappa shape index (κ1) is 16.2. The van der Waals surface area contributed by atoms with Crippen molar-refractivity contribution in [1.29, 1.82) is 0 Å². The second-order valence-corrected chi connectivity index (χ2v) is 6.37. The van der Waals surface area contributed by atoms with Crippen LogP contribution in [-0.2, 0) is 19.5 Å². The Kier molecular flexibility index (Phi) is 4.54. The number of hydrogen-bond acceptors (Lipinski definition) is 5. The highest BCUT2D eigenvalue weighted by Crippen LogP contribution is 2.26. The van der Waals surface area contributed by atoms with Gasteiger partial charge in [0, 0.05) is 25.7 Å². The molecule has 3 rings (SSSR count). The number of aromatic nitrogens is 6. The van der Waals surface area contributed by atoms with Gasteiger partial charge in [0.15, 0.2) is 5.69 Å². The van der Waals surface area contributed by atoms with Gasteiger partial charge in [0.1, 0.15) is 0 Å². The lowest BCUT2D eigenvalue weighted by molar-refractivity contribution is 0.469. The summed E-state index contributed by atoms with van der Waals surface area (Å²) in [5.41, 5.74) is 2.41. The lowest BCUT2D eigenvalue weighted by Crippen LogP contribution is -2.05. The molecule has 0 bridgehead atoms. The second kappa shape index (κ2) is 6.45. The summed E-state index contributed by atoms with van der Waals surface area (Å²) in [5, 5.41) is 17.6. The monoisotopic (exact) mass is 398 g/mol. The number of hydrogen-bond donors (Lipinski definition) is 0. The SMILES string of the molecule is CCn1cc(Br)c(-c2nnc(CCn3nc(C)c(Cl)c3C)o2)n1. The Morgan fingerprint density at radius 1 is 1.26 bits per heavy atom. The van der Waals surface area contributed by atoms with Crippen molar-refractivity contribution in [2.45, 2.75) is 40.3 Å². The van der Waals surface area contributed by atoms with Crippen LogP contribution in [0.1, 0.15) is 24.2 Å². The average Bonchev–Trinajstić information content (AvgIpc) is 3.20. The summed E-state index contributed by atoms with van der Waals surface area (Å²) in [6.07, 6.45) is 2.47. The molecule has 0 aliphatic heterocycles. The Bertz CT molecular complexity index is 837. The molecule has 122 valence electrons. The molecule has 3 aromatic heterocycles. The van der Waals surface area contributed by atoms with E-state index in [-0.39, 0.29) is 0 Å². The summed E-state index contributed by atoms with van der Waals surface area (Å²) in [6.45, 7) is 7.25. The van der Waals surface area contributed by atoms with Crippen LogP contribution in [0.5, 0.6) is 0 Å². The normalized spacial score (nSPS) is 11.3. The summed E-state index contributed by atoms with van der Waals surface area (Å²) in [7, 11) is 0. The van der Waals surface area contributed by atoms with E-state index < -0.39 is 0 Å². The summed E-state index contributed by atoms with van der Waals surface area (Å²) in [6, 6.07) is 0. The molecule has 3 heterocycles. The van der Waals surface area contributed by atoms with E-state index >= 15 is 0 Å². The highest BCUT2D eigenvalue weighted by atomic mass is 79.9. The third-order valence-corrected chi connectivity index (χ3v) is 4.67. The molecular formula is C14H16BrClN6O. The van der Waals surface area contributed by atoms with Gasteiger partial charge >= 0.3 is 0 Å². The van der Waals surface area contributed by atoms with E-state index in [4.69, 9.17) is 16.0 Å². The van der Waals surface area contributed by atoms with Crippen molar-refractivity contribution < 1.29 is 4.42 Å². The predicted octanol–water partition coefficient (Wildman–Crippen LogP) is 3.42. The molecule has 3 aromatic rings. The van der Waals surface area contributed by atoms with Crippen molar-refractivity contribution in [3.63, 3.8) is 0 Å². The molecule has 0 fully saturated rings. The van der Waals surface area contributed by atoms with Gasteiger partial charge in [-0.1, -0.05) is 11.6 Å². The molecule has 7 nitrogen and oxygen atoms in total. The van der Waals surface area contributed by atoms with Crippen LogP contribution in [0.3, 0.4) is 0 Å². The largest absolute Gasteiger partial charge is 0.419 e. The lowest BCUT2D eigenvalue weighted by Gasteiger charge is -2.01. The average molecular weight is 400 g/mol. The molecular weight excluding hydrogens is 384 g/mol. The van der Waals surface area contributed by atoms with E-state index in [1.807, 2.05) is 31.6 Å². The van der Waals surface area contributed by atoms with Gasteiger partial charge in [0.05, 0.1) is 20.9 Å². The number of nitrogens with zero attached hydrogens (tertiary/aromatic N) is 6. The summed E-state index contributed by atoms with van der Waals surface area (Å²) >= 11 is 9.61. The van der Waals surface area contributed by atoms with Crippen LogP contribution in [0, 0.1) is 13.8 Å². The van der Waals surface area contributed by atoms with Gasteiger partial charge in [-0.3, -0.25) is 9.36 Å². The lowest BCUT2D eigenvalue weighted by atomic mass is 10.4. The summed E-state index contributed by atoms with van der Waals surface area (Å²) in [5.74, 6) is 0.951. The maximum atomic E-state index is 6.15. The maximum Gasteiger partial charge on any atom is 0.269 e. The zero-order chi connectivity index (χ0) is 16.6. The fourth-order valence-electron chi connectivity index (χ4n) is 2.25. The van der Waals surface area contributed by atoms with Gasteiger partial charge in [-0.2, -0.15) is 10.2 Å². The highest BCUT2D eigenvalue weighted by Gasteiger charge is 2.16. The molecule has 0 aliphatic rings. The van der Waals surface area contributed by atoms with Crippen molar-refractivity contribution in [2.75, 3.05) is 0 Å². The molecule has 0 saturated carbocycles. The quantitative estimate of drug-likeness (QED) is 0.657. The Morgan fingerprint density at radius 3 is 2.65 bits per heavy atom. The fraction of sp³-hybridized carbons (Fsp3) is 0.429. The zero-order valence-corrected chi connectivity index (χ0v) is 15.4. The van der Waals surface area contributed by atoms with E-state index in [2.05, 4.69) is 36.3 Å². The Hall–Kier alpha value is -1.67. The Morgan fingerprint density at radius 2 is 2.04 bits per heavy atom. The minimum atomic E-state index is 0.408. The molecule has 0 N–H and O–H groups in total. The molecule has 0 saturated heterocycles. The molecule has 9 heteroatoms. The summed E-state index contributed by atoms with van der Waals surface area (Å²) < 4.78 is 10.2. The van der Waals surface area contributed by atoms with Crippen molar-refractivity contribution >= 4 is 27.5 Å². The van der Waals surface area contributed by atoms with Crippen molar-refractivity contribution in [3.05, 3.63) is 33.0 Å². The second-order valence-electron chi connectivity index (χ2n) is 5.14. The van der Waals surface area contributed by atoms with E-state index in [9.17, 15) is 0 Å². The highest BCUT2D eigenvalue weighted by molar-refractivity contribution is 9.10. The van der Waals surface area contributed by atoms with Gasteiger partial charge in [-0.25, -0.2) is 0 Å². The topological polar surface area (TPSA) is 74.6 Å². The van der Waals surface area contributed by atoms with Crippen molar-refractivity contribution in [3.8, 4) is 11.6 Å². The predicted molar refractivity (Wildman–Crippen MR) is 89.3 cm³/mol. The molecule has 0 spiro atoms. The van der Waals surface area contributed by atoms with E-state index in [0.29, 0.717) is 35.5 Å². The van der Waals surface area contributed by atoms with Gasteiger partial charge in [0.2, 0.25) is 5.89 Å². The van der Waals surface area contributed by atoms with E-state index in [0.717, 1.165) is 22.4 Å².